The predicted molar refractivity (Wildman–Crippen MR) is 86.1 cm³/mol. The van der Waals surface area contributed by atoms with Crippen LogP contribution < -0.4 is 4.74 Å². The van der Waals surface area contributed by atoms with Gasteiger partial charge in [0.25, 0.3) is 0 Å². The van der Waals surface area contributed by atoms with E-state index < -0.39 is 5.97 Å². The van der Waals surface area contributed by atoms with E-state index in [2.05, 4.69) is 39.8 Å². The molecule has 0 aromatic heterocycles. The number of esters is 1. The molecule has 0 aliphatic carbocycles. The number of rotatable bonds is 8. The zero-order valence-electron chi connectivity index (χ0n) is 14.1. The lowest BCUT2D eigenvalue weighted by atomic mass is 9.75. The number of carbonyl (C=O) groups excluding carboxylic acids is 2. The normalized spacial score (nSPS) is 11.4. The summed E-state index contributed by atoms with van der Waals surface area (Å²) in [6.45, 7) is 10.6. The highest BCUT2D eigenvalue weighted by molar-refractivity contribution is 5.94. The van der Waals surface area contributed by atoms with Gasteiger partial charge in [0.05, 0.1) is 0 Å². The fraction of sp³-hybridized carbons (Fsp3) is 0.556. The largest absolute Gasteiger partial charge is 0.490 e. The first-order valence-corrected chi connectivity index (χ1v) is 7.62. The monoisotopic (exact) mass is 306 g/mol. The van der Waals surface area contributed by atoms with Crippen LogP contribution in [0, 0.1) is 5.92 Å². The molecule has 0 bridgehead atoms. The standard InChI is InChI=1S/C18H26O4/c1-13(2)18(4,5)15-6-8-16(9-7-15)21-10-11-22-17(20)12-14(3)19/h6-9,13H,10-12H2,1-5H3. The van der Waals surface area contributed by atoms with Crippen molar-refractivity contribution in [2.45, 2.75) is 46.5 Å². The number of ether oxygens (including phenoxy) is 2. The van der Waals surface area contributed by atoms with E-state index in [1.165, 1.54) is 12.5 Å². The summed E-state index contributed by atoms with van der Waals surface area (Å²) in [4.78, 5) is 21.9. The quantitative estimate of drug-likeness (QED) is 0.419. The van der Waals surface area contributed by atoms with Crippen LogP contribution in [0.25, 0.3) is 0 Å². The molecule has 0 unspecified atom stereocenters. The molecular formula is C18H26O4. The van der Waals surface area contributed by atoms with Gasteiger partial charge < -0.3 is 9.47 Å². The molecule has 0 heterocycles. The summed E-state index contributed by atoms with van der Waals surface area (Å²) < 4.78 is 10.4. The molecular weight excluding hydrogens is 280 g/mol. The number of Topliss-reactive ketones (excluding diaryl/α,β-unsaturated/α-hetero) is 1. The zero-order chi connectivity index (χ0) is 16.8. The lowest BCUT2D eigenvalue weighted by molar-refractivity contribution is -0.146. The van der Waals surface area contributed by atoms with Crippen molar-refractivity contribution >= 4 is 11.8 Å². The highest BCUT2D eigenvalue weighted by atomic mass is 16.6. The first-order chi connectivity index (χ1) is 10.2. The fourth-order valence-corrected chi connectivity index (χ4v) is 1.88. The van der Waals surface area contributed by atoms with Gasteiger partial charge in [0.15, 0.2) is 0 Å². The number of benzene rings is 1. The summed E-state index contributed by atoms with van der Waals surface area (Å²) >= 11 is 0. The number of carbonyl (C=O) groups is 2. The van der Waals surface area contributed by atoms with Crippen molar-refractivity contribution in [3.63, 3.8) is 0 Å². The number of hydrogen-bond acceptors (Lipinski definition) is 4. The molecule has 4 heteroatoms. The molecule has 0 amide bonds. The van der Waals surface area contributed by atoms with Gasteiger partial charge in [-0.1, -0.05) is 39.8 Å². The summed E-state index contributed by atoms with van der Waals surface area (Å²) in [7, 11) is 0. The van der Waals surface area contributed by atoms with Gasteiger partial charge in [-0.2, -0.15) is 0 Å². The van der Waals surface area contributed by atoms with Gasteiger partial charge >= 0.3 is 5.97 Å². The van der Waals surface area contributed by atoms with Gasteiger partial charge in [-0.15, -0.1) is 0 Å². The van der Waals surface area contributed by atoms with Gasteiger partial charge in [0, 0.05) is 0 Å². The van der Waals surface area contributed by atoms with Gasteiger partial charge in [0.2, 0.25) is 0 Å². The first-order valence-electron chi connectivity index (χ1n) is 7.62. The predicted octanol–water partition coefficient (Wildman–Crippen LogP) is 3.52. The molecule has 1 aromatic carbocycles. The van der Waals surface area contributed by atoms with Crippen LogP contribution in [-0.2, 0) is 19.7 Å². The van der Waals surface area contributed by atoms with E-state index in [9.17, 15) is 9.59 Å². The van der Waals surface area contributed by atoms with Crippen LogP contribution in [0.4, 0.5) is 0 Å². The first kappa shape index (κ1) is 18.2. The van der Waals surface area contributed by atoms with E-state index >= 15 is 0 Å². The van der Waals surface area contributed by atoms with Crippen LogP contribution in [0.1, 0.15) is 46.6 Å². The van der Waals surface area contributed by atoms with E-state index in [0.717, 1.165) is 5.75 Å². The Morgan fingerprint density at radius 2 is 1.68 bits per heavy atom. The minimum absolute atomic E-state index is 0.112. The molecule has 0 radical (unpaired) electrons. The molecule has 0 aliphatic heterocycles. The third-order valence-electron chi connectivity index (χ3n) is 4.05. The molecule has 1 rings (SSSR count). The molecule has 1 aromatic rings. The average molecular weight is 306 g/mol. The lowest BCUT2D eigenvalue weighted by Gasteiger charge is -2.30. The summed E-state index contributed by atoms with van der Waals surface area (Å²) in [6.07, 6.45) is -0.182. The molecule has 0 N–H and O–H groups in total. The topological polar surface area (TPSA) is 52.6 Å². The molecule has 0 saturated heterocycles. The summed E-state index contributed by atoms with van der Waals surface area (Å²) in [5, 5.41) is 0. The van der Waals surface area contributed by atoms with Crippen LogP contribution in [0.15, 0.2) is 24.3 Å². The van der Waals surface area contributed by atoms with Crippen molar-refractivity contribution in [3.05, 3.63) is 29.8 Å². The second-order valence-corrected chi connectivity index (χ2v) is 6.35. The minimum atomic E-state index is -0.509. The van der Waals surface area contributed by atoms with Gasteiger partial charge in [-0.25, -0.2) is 0 Å². The molecule has 0 fully saturated rings. The Morgan fingerprint density at radius 3 is 2.18 bits per heavy atom. The third-order valence-corrected chi connectivity index (χ3v) is 4.05. The second kappa shape index (κ2) is 7.97. The van der Waals surface area contributed by atoms with Crippen LogP contribution in [0.2, 0.25) is 0 Å². The Labute approximate surface area is 132 Å². The Bertz CT molecular complexity index is 500. The smallest absolute Gasteiger partial charge is 0.313 e. The molecule has 4 nitrogen and oxygen atoms in total. The maximum atomic E-state index is 11.2. The van der Waals surface area contributed by atoms with Crippen molar-refractivity contribution in [2.75, 3.05) is 13.2 Å². The van der Waals surface area contributed by atoms with E-state index in [1.54, 1.807) is 0 Å². The Kier molecular flexibility index (Phi) is 6.60. The Balaban J connectivity index is 2.42. The van der Waals surface area contributed by atoms with Gasteiger partial charge in [-0.3, -0.25) is 9.59 Å². The highest BCUT2D eigenvalue weighted by Crippen LogP contribution is 2.32. The van der Waals surface area contributed by atoms with Gasteiger partial charge in [0.1, 0.15) is 31.2 Å². The average Bonchev–Trinajstić information content (AvgIpc) is 2.43. The van der Waals surface area contributed by atoms with E-state index in [0.29, 0.717) is 5.92 Å². The van der Waals surface area contributed by atoms with Crippen LogP contribution >= 0.6 is 0 Å². The SMILES string of the molecule is CC(=O)CC(=O)OCCOc1ccc(C(C)(C)C(C)C)cc1. The molecule has 0 spiro atoms. The minimum Gasteiger partial charge on any atom is -0.490 e. The van der Waals surface area contributed by atoms with Crippen LogP contribution in [-0.4, -0.2) is 25.0 Å². The van der Waals surface area contributed by atoms with E-state index in [4.69, 9.17) is 9.47 Å². The summed E-state index contributed by atoms with van der Waals surface area (Å²) in [5.41, 5.74) is 1.38. The van der Waals surface area contributed by atoms with Crippen molar-refractivity contribution in [1.29, 1.82) is 0 Å². The lowest BCUT2D eigenvalue weighted by Crippen LogP contribution is -2.24. The third kappa shape index (κ3) is 5.51. The molecule has 0 aliphatic rings. The maximum Gasteiger partial charge on any atom is 0.313 e. The number of ketones is 1. The summed E-state index contributed by atoms with van der Waals surface area (Å²) in [5.74, 6) is 0.574. The van der Waals surface area contributed by atoms with Crippen LogP contribution in [0.5, 0.6) is 5.75 Å². The van der Waals surface area contributed by atoms with Crippen LogP contribution in [0.3, 0.4) is 0 Å². The Hall–Kier alpha value is -1.84. The molecule has 0 saturated carbocycles. The van der Waals surface area contributed by atoms with Crippen molar-refractivity contribution < 1.29 is 19.1 Å². The van der Waals surface area contributed by atoms with Gasteiger partial charge in [-0.05, 0) is 36.0 Å². The number of hydrogen-bond donors (Lipinski definition) is 0. The fourth-order valence-electron chi connectivity index (χ4n) is 1.88. The molecule has 122 valence electrons. The molecule has 22 heavy (non-hydrogen) atoms. The Morgan fingerprint density at radius 1 is 1.09 bits per heavy atom. The highest BCUT2D eigenvalue weighted by Gasteiger charge is 2.24. The summed E-state index contributed by atoms with van der Waals surface area (Å²) in [6, 6.07) is 7.99. The van der Waals surface area contributed by atoms with E-state index in [1.807, 2.05) is 12.1 Å². The second-order valence-electron chi connectivity index (χ2n) is 6.35. The van der Waals surface area contributed by atoms with Crippen molar-refractivity contribution in [3.8, 4) is 5.75 Å². The maximum absolute atomic E-state index is 11.2. The van der Waals surface area contributed by atoms with Crippen molar-refractivity contribution in [1.82, 2.24) is 0 Å². The molecule has 0 atom stereocenters. The van der Waals surface area contributed by atoms with E-state index in [-0.39, 0.29) is 30.8 Å². The van der Waals surface area contributed by atoms with Crippen molar-refractivity contribution in [2.24, 2.45) is 5.92 Å². The zero-order valence-corrected chi connectivity index (χ0v) is 14.1.